The third kappa shape index (κ3) is 3.04. The van der Waals surface area contributed by atoms with E-state index in [0.29, 0.717) is 13.1 Å². The summed E-state index contributed by atoms with van der Waals surface area (Å²) in [6.07, 6.45) is 2.14. The maximum Gasteiger partial charge on any atom is 0.490 e. The number of nitro groups is 1. The summed E-state index contributed by atoms with van der Waals surface area (Å²) < 4.78 is 1.49. The molecule has 26 heavy (non-hydrogen) atoms. The SMILES string of the molecule is O=[N+]([O-])c1ncn(CCCNc2c3ccccc3nc3ccccc23)n1. The molecule has 0 amide bonds. The minimum Gasteiger partial charge on any atom is -0.390 e. The highest BCUT2D eigenvalue weighted by Crippen LogP contribution is 2.30. The number of fused-ring (bicyclic) bond motifs is 2. The van der Waals surface area contributed by atoms with Crippen molar-refractivity contribution in [3.8, 4) is 0 Å². The molecule has 4 aromatic rings. The Morgan fingerprint density at radius 2 is 1.69 bits per heavy atom. The van der Waals surface area contributed by atoms with Crippen LogP contribution in [0.15, 0.2) is 54.9 Å². The molecule has 0 aliphatic rings. The van der Waals surface area contributed by atoms with Crippen molar-refractivity contribution >= 4 is 33.4 Å². The van der Waals surface area contributed by atoms with Crippen LogP contribution in [-0.4, -0.2) is 31.2 Å². The third-order valence-electron chi connectivity index (χ3n) is 4.14. The zero-order valence-corrected chi connectivity index (χ0v) is 13.9. The van der Waals surface area contributed by atoms with Crippen LogP contribution < -0.4 is 5.32 Å². The highest BCUT2D eigenvalue weighted by atomic mass is 16.6. The number of benzene rings is 2. The van der Waals surface area contributed by atoms with E-state index in [1.807, 2.05) is 36.4 Å². The average Bonchev–Trinajstić information content (AvgIpc) is 3.13. The Morgan fingerprint density at radius 1 is 1.04 bits per heavy atom. The summed E-state index contributed by atoms with van der Waals surface area (Å²) >= 11 is 0. The second-order valence-electron chi connectivity index (χ2n) is 5.87. The van der Waals surface area contributed by atoms with Gasteiger partial charge in [0.1, 0.15) is 0 Å². The molecule has 0 fully saturated rings. The monoisotopic (exact) mass is 348 g/mol. The van der Waals surface area contributed by atoms with E-state index in [-0.39, 0.29) is 5.95 Å². The zero-order chi connectivity index (χ0) is 17.9. The Bertz CT molecular complexity index is 1040. The smallest absolute Gasteiger partial charge is 0.390 e. The summed E-state index contributed by atoms with van der Waals surface area (Å²) in [6.45, 7) is 1.25. The molecule has 4 rings (SSSR count). The summed E-state index contributed by atoms with van der Waals surface area (Å²) in [5.41, 5.74) is 2.94. The standard InChI is InChI=1S/C18H16N6O2/c25-24(26)18-20-12-23(22-18)11-5-10-19-17-13-6-1-3-8-15(13)21-16-9-4-2-7-14(16)17/h1-4,6-9,12H,5,10-11H2,(H,19,21). The van der Waals surface area contributed by atoms with Crippen molar-refractivity contribution in [2.75, 3.05) is 11.9 Å². The molecule has 0 saturated carbocycles. The molecule has 0 saturated heterocycles. The second kappa shape index (κ2) is 6.75. The highest BCUT2D eigenvalue weighted by Gasteiger charge is 2.12. The van der Waals surface area contributed by atoms with Gasteiger partial charge in [-0.1, -0.05) is 41.4 Å². The molecule has 0 atom stereocenters. The second-order valence-corrected chi connectivity index (χ2v) is 5.87. The maximum atomic E-state index is 10.6. The first-order valence-corrected chi connectivity index (χ1v) is 8.27. The van der Waals surface area contributed by atoms with Gasteiger partial charge in [-0.15, -0.1) is 0 Å². The first-order valence-electron chi connectivity index (χ1n) is 8.27. The van der Waals surface area contributed by atoms with Crippen LogP contribution in [0.1, 0.15) is 6.42 Å². The maximum absolute atomic E-state index is 10.6. The van der Waals surface area contributed by atoms with E-state index in [1.54, 1.807) is 0 Å². The zero-order valence-electron chi connectivity index (χ0n) is 13.9. The number of hydrogen-bond acceptors (Lipinski definition) is 6. The van der Waals surface area contributed by atoms with Crippen molar-refractivity contribution in [1.82, 2.24) is 19.7 Å². The molecular formula is C18H16N6O2. The van der Waals surface area contributed by atoms with Gasteiger partial charge in [-0.05, 0) is 23.5 Å². The molecule has 1 N–H and O–H groups in total. The van der Waals surface area contributed by atoms with Gasteiger partial charge in [0.2, 0.25) is 6.33 Å². The van der Waals surface area contributed by atoms with E-state index in [9.17, 15) is 10.1 Å². The Morgan fingerprint density at radius 3 is 2.31 bits per heavy atom. The molecule has 8 heteroatoms. The molecule has 130 valence electrons. The normalized spacial score (nSPS) is 11.1. The van der Waals surface area contributed by atoms with Gasteiger partial charge in [0, 0.05) is 22.4 Å². The number of nitrogens with one attached hydrogen (secondary N) is 1. The Labute approximate surface area is 148 Å². The van der Waals surface area contributed by atoms with E-state index < -0.39 is 4.92 Å². The number of pyridine rings is 1. The predicted octanol–water partition coefficient (Wildman–Crippen LogP) is 3.39. The topological polar surface area (TPSA) is 98.8 Å². The number of para-hydroxylation sites is 2. The molecule has 8 nitrogen and oxygen atoms in total. The van der Waals surface area contributed by atoms with E-state index in [2.05, 4.69) is 27.5 Å². The fourth-order valence-electron chi connectivity index (χ4n) is 2.96. The molecule has 0 aliphatic heterocycles. The van der Waals surface area contributed by atoms with Crippen molar-refractivity contribution in [2.24, 2.45) is 0 Å². The number of aryl methyl sites for hydroxylation is 1. The van der Waals surface area contributed by atoms with Gasteiger partial charge in [-0.2, -0.15) is 4.68 Å². The van der Waals surface area contributed by atoms with Crippen molar-refractivity contribution in [3.05, 3.63) is 65.0 Å². The quantitative estimate of drug-likeness (QED) is 0.248. The highest BCUT2D eigenvalue weighted by molar-refractivity contribution is 6.07. The average molecular weight is 348 g/mol. The molecule has 2 heterocycles. The molecular weight excluding hydrogens is 332 g/mol. The molecule has 0 unspecified atom stereocenters. The third-order valence-corrected chi connectivity index (χ3v) is 4.14. The lowest BCUT2D eigenvalue weighted by Gasteiger charge is -2.13. The first-order chi connectivity index (χ1) is 12.7. The Kier molecular flexibility index (Phi) is 4.14. The van der Waals surface area contributed by atoms with Gasteiger partial charge in [0.15, 0.2) is 0 Å². The molecule has 0 spiro atoms. The fraction of sp³-hybridized carbons (Fsp3) is 0.167. The van der Waals surface area contributed by atoms with Gasteiger partial charge >= 0.3 is 5.95 Å². The number of aromatic nitrogens is 4. The summed E-state index contributed by atoms with van der Waals surface area (Å²) in [7, 11) is 0. The minimum atomic E-state index is -0.593. The number of rotatable bonds is 6. The molecule has 0 aliphatic carbocycles. The lowest BCUT2D eigenvalue weighted by molar-refractivity contribution is -0.394. The Balaban J connectivity index is 1.53. The number of anilines is 1. The van der Waals surface area contributed by atoms with E-state index in [4.69, 9.17) is 4.98 Å². The van der Waals surface area contributed by atoms with Gasteiger partial charge in [0.05, 0.1) is 23.3 Å². The molecule has 2 aromatic carbocycles. The van der Waals surface area contributed by atoms with Gasteiger partial charge in [-0.25, -0.2) is 4.98 Å². The summed E-state index contributed by atoms with van der Waals surface area (Å²) in [5.74, 6) is -0.371. The predicted molar refractivity (Wildman–Crippen MR) is 99.0 cm³/mol. The number of hydrogen-bond donors (Lipinski definition) is 1. The van der Waals surface area contributed by atoms with Crippen molar-refractivity contribution in [3.63, 3.8) is 0 Å². The van der Waals surface area contributed by atoms with Gasteiger partial charge in [-0.3, -0.25) is 0 Å². The Hall–Kier alpha value is -3.55. The van der Waals surface area contributed by atoms with Crippen molar-refractivity contribution in [1.29, 1.82) is 0 Å². The van der Waals surface area contributed by atoms with Crippen LogP contribution in [0.5, 0.6) is 0 Å². The van der Waals surface area contributed by atoms with Crippen LogP contribution in [0.2, 0.25) is 0 Å². The lowest BCUT2D eigenvalue weighted by atomic mass is 10.1. The van der Waals surface area contributed by atoms with Crippen LogP contribution in [0.25, 0.3) is 21.8 Å². The summed E-state index contributed by atoms with van der Waals surface area (Å²) in [5, 5.41) is 20.1. The first kappa shape index (κ1) is 15.9. The molecule has 0 radical (unpaired) electrons. The molecule has 2 aromatic heterocycles. The van der Waals surface area contributed by atoms with E-state index in [1.165, 1.54) is 11.0 Å². The van der Waals surface area contributed by atoms with E-state index in [0.717, 1.165) is 33.9 Å². The van der Waals surface area contributed by atoms with Crippen molar-refractivity contribution < 1.29 is 4.92 Å². The van der Waals surface area contributed by atoms with Crippen LogP contribution in [-0.2, 0) is 6.54 Å². The van der Waals surface area contributed by atoms with E-state index >= 15 is 0 Å². The van der Waals surface area contributed by atoms with Crippen LogP contribution in [0, 0.1) is 10.1 Å². The van der Waals surface area contributed by atoms with Crippen LogP contribution in [0.4, 0.5) is 11.6 Å². The fourth-order valence-corrected chi connectivity index (χ4v) is 2.96. The lowest BCUT2D eigenvalue weighted by Crippen LogP contribution is -2.08. The molecule has 0 bridgehead atoms. The van der Waals surface area contributed by atoms with Crippen LogP contribution in [0.3, 0.4) is 0 Å². The largest absolute Gasteiger partial charge is 0.490 e. The van der Waals surface area contributed by atoms with Gasteiger partial charge < -0.3 is 15.4 Å². The minimum absolute atomic E-state index is 0.371. The summed E-state index contributed by atoms with van der Waals surface area (Å²) in [6, 6.07) is 16.1. The summed E-state index contributed by atoms with van der Waals surface area (Å²) in [4.78, 5) is 18.4. The van der Waals surface area contributed by atoms with Gasteiger partial charge in [0.25, 0.3) is 0 Å². The van der Waals surface area contributed by atoms with Crippen LogP contribution >= 0.6 is 0 Å². The number of nitrogens with zero attached hydrogens (tertiary/aromatic N) is 5. The van der Waals surface area contributed by atoms with Crippen molar-refractivity contribution in [2.45, 2.75) is 13.0 Å².